The molecule has 1 amide bonds. The molecule has 5 heteroatoms. The minimum atomic E-state index is -0.610. The van der Waals surface area contributed by atoms with Crippen molar-refractivity contribution in [2.24, 2.45) is 0 Å². The van der Waals surface area contributed by atoms with Crippen LogP contribution in [0.15, 0.2) is 48.5 Å². The number of nitrogen functional groups attached to an aromatic ring is 1. The SMILES string of the molecule is COc1ccc(N)cc1C(=O)NC(C=O)Cc1ccccc1. The lowest BCUT2D eigenvalue weighted by Crippen LogP contribution is -2.37. The van der Waals surface area contributed by atoms with Gasteiger partial charge in [0, 0.05) is 5.69 Å². The average Bonchev–Trinajstić information content (AvgIpc) is 2.55. The summed E-state index contributed by atoms with van der Waals surface area (Å²) in [5.74, 6) is 0.0215. The molecular formula is C17H18N2O3. The van der Waals surface area contributed by atoms with E-state index in [1.165, 1.54) is 13.2 Å². The summed E-state index contributed by atoms with van der Waals surface area (Å²) < 4.78 is 5.15. The quantitative estimate of drug-likeness (QED) is 0.629. The Kier molecular flexibility index (Phi) is 5.14. The number of hydrogen-bond donors (Lipinski definition) is 2. The van der Waals surface area contributed by atoms with Crippen molar-refractivity contribution in [3.63, 3.8) is 0 Å². The number of nitrogens with one attached hydrogen (secondary N) is 1. The van der Waals surface area contributed by atoms with Gasteiger partial charge < -0.3 is 20.6 Å². The van der Waals surface area contributed by atoms with E-state index >= 15 is 0 Å². The molecule has 0 saturated heterocycles. The fourth-order valence-corrected chi connectivity index (χ4v) is 2.15. The third-order valence-corrected chi connectivity index (χ3v) is 3.25. The summed E-state index contributed by atoms with van der Waals surface area (Å²) in [6, 6.07) is 13.7. The number of methoxy groups -OCH3 is 1. The number of anilines is 1. The van der Waals surface area contributed by atoms with Crippen molar-refractivity contribution >= 4 is 17.9 Å². The molecule has 22 heavy (non-hydrogen) atoms. The van der Waals surface area contributed by atoms with Crippen molar-refractivity contribution in [2.45, 2.75) is 12.5 Å². The van der Waals surface area contributed by atoms with Gasteiger partial charge in [0.2, 0.25) is 0 Å². The summed E-state index contributed by atoms with van der Waals surface area (Å²) in [6.07, 6.45) is 1.16. The Balaban J connectivity index is 2.12. The van der Waals surface area contributed by atoms with Crippen LogP contribution in [-0.4, -0.2) is 25.3 Å². The number of rotatable bonds is 6. The van der Waals surface area contributed by atoms with Crippen molar-refractivity contribution in [3.05, 3.63) is 59.7 Å². The highest BCUT2D eigenvalue weighted by molar-refractivity contribution is 5.99. The van der Waals surface area contributed by atoms with Crippen LogP contribution in [-0.2, 0) is 11.2 Å². The van der Waals surface area contributed by atoms with Gasteiger partial charge in [-0.15, -0.1) is 0 Å². The van der Waals surface area contributed by atoms with Crippen LogP contribution in [0.1, 0.15) is 15.9 Å². The molecule has 0 fully saturated rings. The summed E-state index contributed by atoms with van der Waals surface area (Å²) in [4.78, 5) is 23.6. The molecule has 0 heterocycles. The summed E-state index contributed by atoms with van der Waals surface area (Å²) in [5.41, 5.74) is 7.44. The highest BCUT2D eigenvalue weighted by Crippen LogP contribution is 2.21. The van der Waals surface area contributed by atoms with E-state index < -0.39 is 11.9 Å². The van der Waals surface area contributed by atoms with E-state index in [0.29, 0.717) is 23.4 Å². The van der Waals surface area contributed by atoms with Crippen LogP contribution in [0.2, 0.25) is 0 Å². The molecule has 3 N–H and O–H groups in total. The first-order valence-electron chi connectivity index (χ1n) is 6.87. The van der Waals surface area contributed by atoms with Gasteiger partial charge in [-0.2, -0.15) is 0 Å². The topological polar surface area (TPSA) is 81.4 Å². The maximum Gasteiger partial charge on any atom is 0.255 e. The van der Waals surface area contributed by atoms with E-state index in [9.17, 15) is 9.59 Å². The molecule has 0 aromatic heterocycles. The van der Waals surface area contributed by atoms with E-state index in [0.717, 1.165) is 11.8 Å². The molecular weight excluding hydrogens is 280 g/mol. The molecule has 0 radical (unpaired) electrons. The first-order valence-corrected chi connectivity index (χ1v) is 6.87. The maximum atomic E-state index is 12.3. The Hall–Kier alpha value is -2.82. The van der Waals surface area contributed by atoms with E-state index in [-0.39, 0.29) is 0 Å². The van der Waals surface area contributed by atoms with Crippen LogP contribution < -0.4 is 15.8 Å². The fourth-order valence-electron chi connectivity index (χ4n) is 2.15. The molecule has 0 aliphatic rings. The van der Waals surface area contributed by atoms with Gasteiger partial charge in [-0.3, -0.25) is 4.79 Å². The first-order chi connectivity index (χ1) is 10.6. The van der Waals surface area contributed by atoms with Gasteiger partial charge in [-0.25, -0.2) is 0 Å². The molecule has 0 aliphatic carbocycles. The molecule has 0 aliphatic heterocycles. The lowest BCUT2D eigenvalue weighted by Gasteiger charge is -2.15. The largest absolute Gasteiger partial charge is 0.496 e. The number of amides is 1. The molecule has 1 unspecified atom stereocenters. The standard InChI is InChI=1S/C17H18N2O3/c1-22-16-8-7-13(18)10-15(16)17(21)19-14(11-20)9-12-5-3-2-4-6-12/h2-8,10-11,14H,9,18H2,1H3,(H,19,21). The molecule has 2 aromatic carbocycles. The zero-order valence-corrected chi connectivity index (χ0v) is 12.3. The number of carbonyl (C=O) groups is 2. The van der Waals surface area contributed by atoms with Crippen LogP contribution in [0.4, 0.5) is 5.69 Å². The second-order valence-corrected chi connectivity index (χ2v) is 4.87. The van der Waals surface area contributed by atoms with Gasteiger partial charge >= 0.3 is 0 Å². The first kappa shape index (κ1) is 15.6. The van der Waals surface area contributed by atoms with Gasteiger partial charge in [0.05, 0.1) is 18.7 Å². The third-order valence-electron chi connectivity index (χ3n) is 3.25. The molecule has 2 aromatic rings. The Labute approximate surface area is 129 Å². The minimum absolute atomic E-state index is 0.308. The molecule has 0 bridgehead atoms. The zero-order valence-electron chi connectivity index (χ0n) is 12.3. The average molecular weight is 298 g/mol. The smallest absolute Gasteiger partial charge is 0.255 e. The van der Waals surface area contributed by atoms with Crippen molar-refractivity contribution in [1.29, 1.82) is 0 Å². The van der Waals surface area contributed by atoms with Crippen molar-refractivity contribution in [2.75, 3.05) is 12.8 Å². The second kappa shape index (κ2) is 7.26. The van der Waals surface area contributed by atoms with Gasteiger partial charge in [0.15, 0.2) is 0 Å². The Morgan fingerprint density at radius 2 is 2.00 bits per heavy atom. The monoisotopic (exact) mass is 298 g/mol. The predicted octanol–water partition coefficient (Wildman–Crippen LogP) is 1.82. The summed E-state index contributed by atoms with van der Waals surface area (Å²) in [7, 11) is 1.48. The number of hydrogen-bond acceptors (Lipinski definition) is 4. The van der Waals surface area contributed by atoms with Crippen LogP contribution in [0.5, 0.6) is 5.75 Å². The highest BCUT2D eigenvalue weighted by Gasteiger charge is 2.17. The minimum Gasteiger partial charge on any atom is -0.496 e. The number of carbonyl (C=O) groups excluding carboxylic acids is 2. The van der Waals surface area contributed by atoms with Crippen molar-refractivity contribution in [1.82, 2.24) is 5.32 Å². The van der Waals surface area contributed by atoms with Gasteiger partial charge in [-0.05, 0) is 30.2 Å². The zero-order chi connectivity index (χ0) is 15.9. The highest BCUT2D eigenvalue weighted by atomic mass is 16.5. The maximum absolute atomic E-state index is 12.3. The summed E-state index contributed by atoms with van der Waals surface area (Å²) in [5, 5.41) is 2.69. The van der Waals surface area contributed by atoms with Crippen LogP contribution in [0.25, 0.3) is 0 Å². The fraction of sp³-hybridized carbons (Fsp3) is 0.176. The van der Waals surface area contributed by atoms with Gasteiger partial charge in [0.25, 0.3) is 5.91 Å². The Bertz CT molecular complexity index is 656. The summed E-state index contributed by atoms with van der Waals surface area (Å²) in [6.45, 7) is 0. The normalized spacial score (nSPS) is 11.5. The predicted molar refractivity (Wildman–Crippen MR) is 84.9 cm³/mol. The number of aldehydes is 1. The van der Waals surface area contributed by atoms with Gasteiger partial charge in [-0.1, -0.05) is 30.3 Å². The number of nitrogens with two attached hydrogens (primary N) is 1. The van der Waals surface area contributed by atoms with E-state index in [1.54, 1.807) is 12.1 Å². The molecule has 114 valence electrons. The lowest BCUT2D eigenvalue weighted by molar-refractivity contribution is -0.109. The van der Waals surface area contributed by atoms with Crippen molar-refractivity contribution in [3.8, 4) is 5.75 Å². The van der Waals surface area contributed by atoms with E-state index in [1.807, 2.05) is 30.3 Å². The van der Waals surface area contributed by atoms with Crippen LogP contribution in [0, 0.1) is 0 Å². The Morgan fingerprint density at radius 1 is 1.27 bits per heavy atom. The summed E-state index contributed by atoms with van der Waals surface area (Å²) >= 11 is 0. The molecule has 0 saturated carbocycles. The van der Waals surface area contributed by atoms with E-state index in [4.69, 9.17) is 10.5 Å². The lowest BCUT2D eigenvalue weighted by atomic mass is 10.1. The second-order valence-electron chi connectivity index (χ2n) is 4.87. The van der Waals surface area contributed by atoms with Gasteiger partial charge in [0.1, 0.15) is 12.0 Å². The van der Waals surface area contributed by atoms with E-state index in [2.05, 4.69) is 5.32 Å². The van der Waals surface area contributed by atoms with Crippen molar-refractivity contribution < 1.29 is 14.3 Å². The Morgan fingerprint density at radius 3 is 2.64 bits per heavy atom. The van der Waals surface area contributed by atoms with Crippen LogP contribution >= 0.6 is 0 Å². The number of benzene rings is 2. The number of ether oxygens (including phenoxy) is 1. The molecule has 5 nitrogen and oxygen atoms in total. The molecule has 1 atom stereocenters. The molecule has 0 spiro atoms. The third kappa shape index (κ3) is 3.85. The molecule has 2 rings (SSSR count). The van der Waals surface area contributed by atoms with Crippen LogP contribution in [0.3, 0.4) is 0 Å².